The Balaban J connectivity index is 3.06. The summed E-state index contributed by atoms with van der Waals surface area (Å²) in [5.74, 6) is -0.771. The first kappa shape index (κ1) is 13.7. The predicted molar refractivity (Wildman–Crippen MR) is 68.9 cm³/mol. The quantitative estimate of drug-likeness (QED) is 0.873. The SMILES string of the molecule is COC(=O)c1cc(Br)ccc1NC(=O)C(C)C. The van der Waals surface area contributed by atoms with Crippen molar-refractivity contribution in [2.24, 2.45) is 5.92 Å². The summed E-state index contributed by atoms with van der Waals surface area (Å²) in [5.41, 5.74) is 0.787. The third kappa shape index (κ3) is 3.56. The second-order valence-corrected chi connectivity index (χ2v) is 4.74. The number of methoxy groups -OCH3 is 1. The van der Waals surface area contributed by atoms with E-state index in [2.05, 4.69) is 26.0 Å². The van der Waals surface area contributed by atoms with E-state index >= 15 is 0 Å². The highest BCUT2D eigenvalue weighted by Crippen LogP contribution is 2.22. The lowest BCUT2D eigenvalue weighted by Crippen LogP contribution is -2.19. The molecule has 0 bridgehead atoms. The Labute approximate surface area is 108 Å². The Kier molecular flexibility index (Phi) is 4.69. The molecule has 0 saturated carbocycles. The molecule has 0 aromatic heterocycles. The molecule has 92 valence electrons. The molecule has 0 atom stereocenters. The zero-order valence-corrected chi connectivity index (χ0v) is 11.5. The number of hydrogen-bond donors (Lipinski definition) is 1. The molecule has 1 amide bonds. The van der Waals surface area contributed by atoms with E-state index in [0.717, 1.165) is 4.47 Å². The van der Waals surface area contributed by atoms with Crippen LogP contribution in [0.15, 0.2) is 22.7 Å². The first-order valence-corrected chi connectivity index (χ1v) is 5.93. The van der Waals surface area contributed by atoms with Gasteiger partial charge in [-0.1, -0.05) is 29.8 Å². The minimum atomic E-state index is -0.481. The molecule has 1 N–H and O–H groups in total. The lowest BCUT2D eigenvalue weighted by molar-refractivity contribution is -0.118. The van der Waals surface area contributed by atoms with Crippen LogP contribution >= 0.6 is 15.9 Å². The standard InChI is InChI=1S/C12H14BrNO3/c1-7(2)11(15)14-10-5-4-8(13)6-9(10)12(16)17-3/h4-7H,1-3H3,(H,14,15). The van der Waals surface area contributed by atoms with Crippen molar-refractivity contribution in [2.75, 3.05) is 12.4 Å². The van der Waals surface area contributed by atoms with Crippen LogP contribution in [0.4, 0.5) is 5.69 Å². The first-order valence-electron chi connectivity index (χ1n) is 5.14. The summed E-state index contributed by atoms with van der Waals surface area (Å²) in [7, 11) is 1.30. The monoisotopic (exact) mass is 299 g/mol. The lowest BCUT2D eigenvalue weighted by atomic mass is 10.1. The average molecular weight is 300 g/mol. The second kappa shape index (κ2) is 5.82. The van der Waals surface area contributed by atoms with E-state index < -0.39 is 5.97 Å². The van der Waals surface area contributed by atoms with Gasteiger partial charge in [0, 0.05) is 10.4 Å². The first-order chi connectivity index (χ1) is 7.95. The molecule has 0 aliphatic rings. The lowest BCUT2D eigenvalue weighted by Gasteiger charge is -2.11. The van der Waals surface area contributed by atoms with Crippen molar-refractivity contribution < 1.29 is 14.3 Å². The minimum Gasteiger partial charge on any atom is -0.465 e. The molecule has 0 unspecified atom stereocenters. The maximum atomic E-state index is 11.6. The fraction of sp³-hybridized carbons (Fsp3) is 0.333. The average Bonchev–Trinajstić information content (AvgIpc) is 2.30. The van der Waals surface area contributed by atoms with Gasteiger partial charge in [0.05, 0.1) is 18.4 Å². The zero-order valence-electron chi connectivity index (χ0n) is 9.91. The van der Waals surface area contributed by atoms with Crippen LogP contribution in [0, 0.1) is 5.92 Å². The Morgan fingerprint density at radius 3 is 2.53 bits per heavy atom. The van der Waals surface area contributed by atoms with Gasteiger partial charge >= 0.3 is 5.97 Å². The molecule has 17 heavy (non-hydrogen) atoms. The summed E-state index contributed by atoms with van der Waals surface area (Å²) in [6, 6.07) is 5.03. The van der Waals surface area contributed by atoms with Gasteiger partial charge in [0.25, 0.3) is 0 Å². The third-order valence-corrected chi connectivity index (χ3v) is 2.66. The van der Waals surface area contributed by atoms with E-state index in [1.54, 1.807) is 32.0 Å². The van der Waals surface area contributed by atoms with Crippen molar-refractivity contribution >= 4 is 33.5 Å². The van der Waals surface area contributed by atoms with Crippen molar-refractivity contribution in [1.82, 2.24) is 0 Å². The second-order valence-electron chi connectivity index (χ2n) is 3.83. The number of amides is 1. The summed E-state index contributed by atoms with van der Waals surface area (Å²) in [6.45, 7) is 3.57. The number of rotatable bonds is 3. The van der Waals surface area contributed by atoms with Gasteiger partial charge in [-0.3, -0.25) is 4.79 Å². The fourth-order valence-electron chi connectivity index (χ4n) is 1.18. The van der Waals surface area contributed by atoms with E-state index in [0.29, 0.717) is 11.3 Å². The molecule has 0 radical (unpaired) electrons. The summed E-state index contributed by atoms with van der Waals surface area (Å²) in [6.07, 6.45) is 0. The van der Waals surface area contributed by atoms with Crippen molar-refractivity contribution in [3.8, 4) is 0 Å². The van der Waals surface area contributed by atoms with E-state index in [9.17, 15) is 9.59 Å². The molecule has 4 nitrogen and oxygen atoms in total. The van der Waals surface area contributed by atoms with E-state index in [1.165, 1.54) is 7.11 Å². The normalized spacial score (nSPS) is 10.2. The van der Waals surface area contributed by atoms with Crippen LogP contribution in [-0.4, -0.2) is 19.0 Å². The molecule has 0 saturated heterocycles. The molecule has 0 fully saturated rings. The maximum absolute atomic E-state index is 11.6. The van der Waals surface area contributed by atoms with Gasteiger partial charge < -0.3 is 10.1 Å². The number of carbonyl (C=O) groups excluding carboxylic acids is 2. The summed E-state index contributed by atoms with van der Waals surface area (Å²) in [5, 5.41) is 2.69. The van der Waals surface area contributed by atoms with Crippen LogP contribution < -0.4 is 5.32 Å². The van der Waals surface area contributed by atoms with E-state index in [4.69, 9.17) is 0 Å². The number of ether oxygens (including phenoxy) is 1. The van der Waals surface area contributed by atoms with Crippen LogP contribution in [0.25, 0.3) is 0 Å². The molecule has 1 rings (SSSR count). The van der Waals surface area contributed by atoms with Crippen molar-refractivity contribution in [1.29, 1.82) is 0 Å². The van der Waals surface area contributed by atoms with Crippen LogP contribution in [0.2, 0.25) is 0 Å². The van der Waals surface area contributed by atoms with E-state index in [-0.39, 0.29) is 11.8 Å². The number of esters is 1. The fourth-order valence-corrected chi connectivity index (χ4v) is 1.54. The van der Waals surface area contributed by atoms with Crippen molar-refractivity contribution in [3.05, 3.63) is 28.2 Å². The van der Waals surface area contributed by atoms with Gasteiger partial charge in [0.15, 0.2) is 0 Å². The molecule has 5 heteroatoms. The highest BCUT2D eigenvalue weighted by atomic mass is 79.9. The number of benzene rings is 1. The summed E-state index contributed by atoms with van der Waals surface area (Å²) >= 11 is 3.27. The molecule has 0 aliphatic heterocycles. The molecule has 1 aromatic rings. The van der Waals surface area contributed by atoms with E-state index in [1.807, 2.05) is 0 Å². The van der Waals surface area contributed by atoms with Gasteiger partial charge in [-0.05, 0) is 18.2 Å². The molecule has 1 aromatic carbocycles. The van der Waals surface area contributed by atoms with Crippen LogP contribution in [0.5, 0.6) is 0 Å². The van der Waals surface area contributed by atoms with Gasteiger partial charge in [0.2, 0.25) is 5.91 Å². The number of carbonyl (C=O) groups is 2. The van der Waals surface area contributed by atoms with Crippen LogP contribution in [0.3, 0.4) is 0 Å². The molecule has 0 heterocycles. The number of anilines is 1. The molecule has 0 aliphatic carbocycles. The van der Waals surface area contributed by atoms with Crippen molar-refractivity contribution in [2.45, 2.75) is 13.8 Å². The van der Waals surface area contributed by atoms with Crippen LogP contribution in [0.1, 0.15) is 24.2 Å². The Morgan fingerprint density at radius 2 is 2.00 bits per heavy atom. The Bertz CT molecular complexity index is 443. The summed E-state index contributed by atoms with van der Waals surface area (Å²) in [4.78, 5) is 23.1. The van der Waals surface area contributed by atoms with Gasteiger partial charge in [-0.15, -0.1) is 0 Å². The maximum Gasteiger partial charge on any atom is 0.340 e. The van der Waals surface area contributed by atoms with Crippen molar-refractivity contribution in [3.63, 3.8) is 0 Å². The Morgan fingerprint density at radius 1 is 1.35 bits per heavy atom. The summed E-state index contributed by atoms with van der Waals surface area (Å²) < 4.78 is 5.41. The largest absolute Gasteiger partial charge is 0.465 e. The molecule has 0 spiro atoms. The highest BCUT2D eigenvalue weighted by Gasteiger charge is 2.15. The molecular formula is C12H14BrNO3. The highest BCUT2D eigenvalue weighted by molar-refractivity contribution is 9.10. The zero-order chi connectivity index (χ0) is 13.0. The Hall–Kier alpha value is -1.36. The van der Waals surface area contributed by atoms with Gasteiger partial charge in [-0.2, -0.15) is 0 Å². The minimum absolute atomic E-state index is 0.141. The van der Waals surface area contributed by atoms with Crippen LogP contribution in [-0.2, 0) is 9.53 Å². The third-order valence-electron chi connectivity index (χ3n) is 2.17. The van der Waals surface area contributed by atoms with Gasteiger partial charge in [0.1, 0.15) is 0 Å². The predicted octanol–water partition coefficient (Wildman–Crippen LogP) is 2.83. The molecular weight excluding hydrogens is 286 g/mol. The number of hydrogen-bond acceptors (Lipinski definition) is 3. The smallest absolute Gasteiger partial charge is 0.340 e. The number of nitrogens with one attached hydrogen (secondary N) is 1. The number of halogens is 1. The van der Waals surface area contributed by atoms with Gasteiger partial charge in [-0.25, -0.2) is 4.79 Å². The topological polar surface area (TPSA) is 55.4 Å².